The van der Waals surface area contributed by atoms with E-state index in [0.29, 0.717) is 24.0 Å². The van der Waals surface area contributed by atoms with E-state index in [-0.39, 0.29) is 18.0 Å². The number of aromatic nitrogens is 2. The minimum atomic E-state index is -4.53. The van der Waals surface area contributed by atoms with E-state index in [1.165, 1.54) is 0 Å². The third kappa shape index (κ3) is 5.80. The van der Waals surface area contributed by atoms with Crippen LogP contribution in [0.3, 0.4) is 0 Å². The van der Waals surface area contributed by atoms with Crippen molar-refractivity contribution < 1.29 is 22.7 Å². The average Bonchev–Trinajstić information content (AvgIpc) is 3.01. The van der Waals surface area contributed by atoms with Crippen molar-refractivity contribution in [2.24, 2.45) is 17.8 Å². The Morgan fingerprint density at radius 3 is 2.58 bits per heavy atom. The Kier molecular flexibility index (Phi) is 7.01. The number of alkyl carbamates (subject to hydrolysis) is 1. The molecule has 2 fully saturated rings. The van der Waals surface area contributed by atoms with Gasteiger partial charge in [0.05, 0.1) is 24.0 Å². The van der Waals surface area contributed by atoms with Gasteiger partial charge < -0.3 is 15.4 Å². The van der Waals surface area contributed by atoms with Crippen LogP contribution in [0.4, 0.5) is 23.8 Å². The molecule has 31 heavy (non-hydrogen) atoms. The summed E-state index contributed by atoms with van der Waals surface area (Å²) in [4.78, 5) is 20.0. The van der Waals surface area contributed by atoms with Crippen molar-refractivity contribution in [3.8, 4) is 0 Å². The normalized spacial score (nSPS) is 31.5. The van der Waals surface area contributed by atoms with Gasteiger partial charge in [-0.2, -0.15) is 13.2 Å². The first-order valence-corrected chi connectivity index (χ1v) is 11.1. The van der Waals surface area contributed by atoms with Crippen LogP contribution in [0.1, 0.15) is 71.9 Å². The highest BCUT2D eigenvalue weighted by atomic mass is 19.4. The first kappa shape index (κ1) is 23.6. The van der Waals surface area contributed by atoms with Crippen LogP contribution in [-0.4, -0.2) is 33.7 Å². The predicted molar refractivity (Wildman–Crippen MR) is 111 cm³/mol. The Morgan fingerprint density at radius 2 is 1.97 bits per heavy atom. The van der Waals surface area contributed by atoms with Gasteiger partial charge in [-0.05, 0) is 56.8 Å². The number of rotatable bonds is 5. The van der Waals surface area contributed by atoms with E-state index in [9.17, 15) is 18.0 Å². The van der Waals surface area contributed by atoms with Crippen molar-refractivity contribution in [2.45, 2.75) is 90.1 Å². The highest BCUT2D eigenvalue weighted by Crippen LogP contribution is 2.36. The Hall–Kier alpha value is -2.06. The van der Waals surface area contributed by atoms with E-state index in [4.69, 9.17) is 4.74 Å². The van der Waals surface area contributed by atoms with E-state index in [0.717, 1.165) is 44.7 Å². The summed E-state index contributed by atoms with van der Waals surface area (Å²) in [6, 6.07) is -0.220. The molecule has 1 aromatic rings. The molecule has 0 radical (unpaired) electrons. The van der Waals surface area contributed by atoms with E-state index in [1.807, 2.05) is 6.92 Å². The molecule has 174 valence electrons. The molecule has 6 nitrogen and oxygen atoms in total. The third-order valence-corrected chi connectivity index (χ3v) is 6.83. The smallest absolute Gasteiger partial charge is 0.434 e. The first-order valence-electron chi connectivity index (χ1n) is 11.1. The summed E-state index contributed by atoms with van der Waals surface area (Å²) < 4.78 is 44.0. The molecule has 2 aliphatic carbocycles. The fourth-order valence-corrected chi connectivity index (χ4v) is 4.94. The summed E-state index contributed by atoms with van der Waals surface area (Å²) in [7, 11) is 0. The molecule has 0 spiro atoms. The largest absolute Gasteiger partial charge is 0.446 e. The molecule has 1 heterocycles. The molecule has 1 amide bonds. The third-order valence-electron chi connectivity index (χ3n) is 6.83. The van der Waals surface area contributed by atoms with Crippen LogP contribution in [0, 0.1) is 17.8 Å². The van der Waals surface area contributed by atoms with Crippen LogP contribution >= 0.6 is 0 Å². The molecule has 2 saturated carbocycles. The first-order chi connectivity index (χ1) is 14.5. The molecular weight excluding hydrogens is 409 g/mol. The summed E-state index contributed by atoms with van der Waals surface area (Å²) in [5.74, 6) is 1.59. The van der Waals surface area contributed by atoms with Gasteiger partial charge in [0.25, 0.3) is 0 Å². The Morgan fingerprint density at radius 1 is 1.23 bits per heavy atom. The van der Waals surface area contributed by atoms with E-state index >= 15 is 0 Å². The Bertz CT molecular complexity index is 756. The molecule has 3 rings (SSSR count). The quantitative estimate of drug-likeness (QED) is 0.638. The van der Waals surface area contributed by atoms with Crippen molar-refractivity contribution in [1.82, 2.24) is 15.3 Å². The van der Waals surface area contributed by atoms with Crippen molar-refractivity contribution in [1.29, 1.82) is 0 Å². The van der Waals surface area contributed by atoms with E-state index in [2.05, 4.69) is 41.4 Å². The van der Waals surface area contributed by atoms with Crippen molar-refractivity contribution in [3.63, 3.8) is 0 Å². The lowest BCUT2D eigenvalue weighted by Crippen LogP contribution is -2.53. The number of hydrogen-bond acceptors (Lipinski definition) is 5. The minimum absolute atomic E-state index is 0.0925. The number of hydrogen-bond donors (Lipinski definition) is 2. The van der Waals surface area contributed by atoms with E-state index < -0.39 is 23.5 Å². The number of nitrogens with one attached hydrogen (secondary N) is 2. The summed E-state index contributed by atoms with van der Waals surface area (Å²) in [6.45, 7) is 8.45. The second kappa shape index (κ2) is 9.20. The van der Waals surface area contributed by atoms with Gasteiger partial charge in [0.1, 0.15) is 11.9 Å². The van der Waals surface area contributed by atoms with Gasteiger partial charge in [-0.25, -0.2) is 14.8 Å². The topological polar surface area (TPSA) is 76.1 Å². The molecular formula is C22H33F3N4O2. The van der Waals surface area contributed by atoms with Gasteiger partial charge in [0.15, 0.2) is 5.69 Å². The summed E-state index contributed by atoms with van der Waals surface area (Å²) in [5, 5.41) is 6.17. The van der Waals surface area contributed by atoms with Crippen LogP contribution in [0.25, 0.3) is 0 Å². The molecule has 5 atom stereocenters. The van der Waals surface area contributed by atoms with Gasteiger partial charge in [-0.15, -0.1) is 0 Å². The maximum atomic E-state index is 12.7. The molecule has 2 unspecified atom stereocenters. The highest BCUT2D eigenvalue weighted by Gasteiger charge is 2.42. The average molecular weight is 443 g/mol. The fraction of sp³-hybridized carbons (Fsp3) is 0.773. The molecule has 0 aliphatic heterocycles. The zero-order chi connectivity index (χ0) is 22.8. The molecule has 2 N–H and O–H groups in total. The van der Waals surface area contributed by atoms with Crippen LogP contribution < -0.4 is 10.6 Å². The van der Waals surface area contributed by atoms with Crippen LogP contribution in [0.15, 0.2) is 12.4 Å². The Labute approximate surface area is 181 Å². The zero-order valence-corrected chi connectivity index (χ0v) is 18.6. The van der Waals surface area contributed by atoms with Gasteiger partial charge in [-0.1, -0.05) is 27.2 Å². The van der Waals surface area contributed by atoms with Gasteiger partial charge >= 0.3 is 12.3 Å². The standard InChI is InChI=1S/C22H33F3N4O2/c1-13(2)15-8-7-14(3)10-16(15)31-20(30)28-17-6-5-9-21(17,4)29-19-12-26-18(11-27-19)22(23,24)25/h11-17H,5-10H2,1-4H3,(H,27,29)(H,28,30)/t14?,15?,16-,17+,21+/m1/s1. The predicted octanol–water partition coefficient (Wildman–Crippen LogP) is 5.41. The Balaban J connectivity index is 1.62. The number of amides is 1. The summed E-state index contributed by atoms with van der Waals surface area (Å²) >= 11 is 0. The molecule has 0 saturated heterocycles. The molecule has 9 heteroatoms. The van der Waals surface area contributed by atoms with Gasteiger partial charge in [-0.3, -0.25) is 0 Å². The number of nitrogens with zero attached hydrogens (tertiary/aromatic N) is 2. The van der Waals surface area contributed by atoms with Crippen molar-refractivity contribution in [2.75, 3.05) is 5.32 Å². The number of anilines is 1. The number of carbonyl (C=O) groups excluding carboxylic acids is 1. The number of alkyl halides is 3. The number of carbonyl (C=O) groups is 1. The van der Waals surface area contributed by atoms with Crippen molar-refractivity contribution in [3.05, 3.63) is 18.1 Å². The monoisotopic (exact) mass is 442 g/mol. The number of ether oxygens (including phenoxy) is 1. The van der Waals surface area contributed by atoms with Crippen LogP contribution in [-0.2, 0) is 10.9 Å². The zero-order valence-electron chi connectivity index (χ0n) is 18.6. The lowest BCUT2D eigenvalue weighted by atomic mass is 9.75. The van der Waals surface area contributed by atoms with Crippen molar-refractivity contribution >= 4 is 11.9 Å². The van der Waals surface area contributed by atoms with Gasteiger partial charge in [0, 0.05) is 0 Å². The van der Waals surface area contributed by atoms with Gasteiger partial charge in [0.2, 0.25) is 0 Å². The summed E-state index contributed by atoms with van der Waals surface area (Å²) in [5.41, 5.74) is -1.58. The summed E-state index contributed by atoms with van der Waals surface area (Å²) in [6.07, 6.45) is 2.21. The lowest BCUT2D eigenvalue weighted by molar-refractivity contribution is -0.141. The maximum absolute atomic E-state index is 12.7. The lowest BCUT2D eigenvalue weighted by Gasteiger charge is -2.38. The molecule has 2 aliphatic rings. The second-order valence-electron chi connectivity index (χ2n) is 9.69. The van der Waals surface area contributed by atoms with Crippen LogP contribution in [0.5, 0.6) is 0 Å². The fourth-order valence-electron chi connectivity index (χ4n) is 4.94. The SMILES string of the molecule is CC1CCC(C(C)C)[C@H](OC(=O)N[C@H]2CCC[C@]2(C)Nc2cnc(C(F)(F)F)cn2)C1. The number of halogens is 3. The van der Waals surface area contributed by atoms with E-state index in [1.54, 1.807) is 0 Å². The van der Waals surface area contributed by atoms with Crippen LogP contribution in [0.2, 0.25) is 0 Å². The maximum Gasteiger partial charge on any atom is 0.434 e. The molecule has 1 aromatic heterocycles. The highest BCUT2D eigenvalue weighted by molar-refractivity contribution is 5.68. The minimum Gasteiger partial charge on any atom is -0.446 e. The second-order valence-corrected chi connectivity index (χ2v) is 9.69. The molecule has 0 aromatic carbocycles. The molecule has 0 bridgehead atoms.